The van der Waals surface area contributed by atoms with Crippen molar-refractivity contribution in [3.63, 3.8) is 0 Å². The van der Waals surface area contributed by atoms with Gasteiger partial charge in [0.25, 0.3) is 0 Å². The highest BCUT2D eigenvalue weighted by atomic mass is 32.2. The summed E-state index contributed by atoms with van der Waals surface area (Å²) in [6.07, 6.45) is 9.47. The zero-order chi connectivity index (χ0) is 31.6. The molecule has 0 saturated heterocycles. The van der Waals surface area contributed by atoms with Gasteiger partial charge >= 0.3 is 11.9 Å². The van der Waals surface area contributed by atoms with E-state index in [1.54, 1.807) is 46.1 Å². The third kappa shape index (κ3) is 12.6. The smallest absolute Gasteiger partial charge is 0.326 e. The first kappa shape index (κ1) is 33.8. The van der Waals surface area contributed by atoms with E-state index in [0.29, 0.717) is 18.8 Å². The fourth-order valence-electron chi connectivity index (χ4n) is 4.43. The van der Waals surface area contributed by atoms with E-state index in [9.17, 15) is 18.0 Å². The number of aromatic nitrogens is 4. The molecule has 0 bridgehead atoms. The lowest BCUT2D eigenvalue weighted by Gasteiger charge is -2.24. The molecule has 0 aliphatic heterocycles. The molecule has 2 aromatic heterocycles. The molecular weight excluding hydrogens is 572 g/mol. The number of unbranched alkanes of at least 4 members (excludes halogenated alkanes) is 1. The van der Waals surface area contributed by atoms with Gasteiger partial charge in [-0.05, 0) is 85.0 Å². The van der Waals surface area contributed by atoms with Gasteiger partial charge in [-0.25, -0.2) is 18.4 Å². The molecule has 0 radical (unpaired) electrons. The molecule has 43 heavy (non-hydrogen) atoms. The first-order valence-electron chi connectivity index (χ1n) is 14.3. The van der Waals surface area contributed by atoms with Crippen molar-refractivity contribution in [2.45, 2.75) is 98.2 Å². The second kappa shape index (κ2) is 15.1. The van der Waals surface area contributed by atoms with E-state index >= 15 is 0 Å². The van der Waals surface area contributed by atoms with Crippen LogP contribution in [0, 0.1) is 0 Å². The van der Waals surface area contributed by atoms with Crippen molar-refractivity contribution < 1.29 is 27.5 Å². The lowest BCUT2D eigenvalue weighted by Crippen LogP contribution is -2.30. The predicted molar refractivity (Wildman–Crippen MR) is 164 cm³/mol. The number of carbonyl (C=O) groups is 2. The van der Waals surface area contributed by atoms with Crippen molar-refractivity contribution in [3.05, 3.63) is 66.3 Å². The number of hydrogen-bond donors (Lipinski definition) is 2. The Morgan fingerprint density at radius 2 is 1.30 bits per heavy atom. The lowest BCUT2D eigenvalue weighted by molar-refractivity contribution is -0.156. The summed E-state index contributed by atoms with van der Waals surface area (Å²) < 4.78 is 38.7. The molecule has 0 aliphatic carbocycles. The largest absolute Gasteiger partial charge is 0.459 e. The van der Waals surface area contributed by atoms with Crippen molar-refractivity contribution >= 4 is 28.5 Å². The number of esters is 2. The first-order chi connectivity index (χ1) is 20.2. The molecule has 0 aliphatic rings. The van der Waals surface area contributed by atoms with Crippen molar-refractivity contribution in [2.24, 2.45) is 0 Å². The fourth-order valence-corrected chi connectivity index (χ4v) is 4.79. The highest BCUT2D eigenvalue weighted by Crippen LogP contribution is 2.16. The van der Waals surface area contributed by atoms with Crippen LogP contribution in [-0.2, 0) is 62.6 Å². The minimum Gasteiger partial charge on any atom is -0.459 e. The minimum atomic E-state index is -2.69. The molecule has 2 heterocycles. The van der Waals surface area contributed by atoms with Gasteiger partial charge in [0.15, 0.2) is 0 Å². The molecule has 0 saturated carbocycles. The van der Waals surface area contributed by atoms with Gasteiger partial charge in [-0.15, -0.1) is 0 Å². The molecule has 0 spiro atoms. The Balaban J connectivity index is 1.69. The van der Waals surface area contributed by atoms with Crippen LogP contribution in [0.15, 0.2) is 49.1 Å². The summed E-state index contributed by atoms with van der Waals surface area (Å²) in [7, 11) is -2.69. The third-order valence-corrected chi connectivity index (χ3v) is 6.58. The maximum Gasteiger partial charge on any atom is 0.326 e. The Morgan fingerprint density at radius 1 is 0.814 bits per heavy atom. The van der Waals surface area contributed by atoms with E-state index in [2.05, 4.69) is 19.6 Å². The summed E-state index contributed by atoms with van der Waals surface area (Å²) in [5.74, 6) is 0.760. The van der Waals surface area contributed by atoms with E-state index in [4.69, 9.17) is 9.47 Å². The van der Waals surface area contributed by atoms with Gasteiger partial charge < -0.3 is 18.6 Å². The molecule has 0 unspecified atom stereocenters. The predicted octanol–water partition coefficient (Wildman–Crippen LogP) is 3.73. The number of anilines is 1. The van der Waals surface area contributed by atoms with E-state index < -0.39 is 22.1 Å². The maximum atomic E-state index is 12.5. The number of hydrogen-bond acceptors (Lipinski definition) is 9. The molecule has 236 valence electrons. The summed E-state index contributed by atoms with van der Waals surface area (Å²) in [5.41, 5.74) is 0.483. The van der Waals surface area contributed by atoms with E-state index in [0.717, 1.165) is 43.0 Å². The van der Waals surface area contributed by atoms with Gasteiger partial charge in [0, 0.05) is 30.5 Å². The molecular formula is C30H44N6O6S. The Hall–Kier alpha value is -3.71. The summed E-state index contributed by atoms with van der Waals surface area (Å²) in [6.45, 7) is 12.8. The number of thiol groups is 1. The van der Waals surface area contributed by atoms with Gasteiger partial charge in [-0.3, -0.25) is 19.2 Å². The van der Waals surface area contributed by atoms with E-state index in [-0.39, 0.29) is 25.0 Å². The van der Waals surface area contributed by atoms with E-state index in [1.165, 1.54) is 0 Å². The Bertz CT molecular complexity index is 1340. The second-order valence-electron chi connectivity index (χ2n) is 12.3. The average molecular weight is 617 g/mol. The van der Waals surface area contributed by atoms with Crippen LogP contribution >= 0.6 is 0 Å². The molecule has 13 heteroatoms. The molecule has 0 amide bonds. The zero-order valence-electron chi connectivity index (χ0n) is 25.9. The van der Waals surface area contributed by atoms with Crippen molar-refractivity contribution in [2.75, 3.05) is 11.3 Å². The molecule has 12 nitrogen and oxygen atoms in total. The van der Waals surface area contributed by atoms with Crippen LogP contribution in [0.2, 0.25) is 0 Å². The topological polar surface area (TPSA) is 138 Å². The van der Waals surface area contributed by atoms with Gasteiger partial charge in [0.05, 0.1) is 13.1 Å². The monoisotopic (exact) mass is 616 g/mol. The first-order valence-corrected chi connectivity index (χ1v) is 15.5. The molecule has 1 aromatic carbocycles. The number of benzene rings is 1. The fraction of sp³-hybridized carbons (Fsp3) is 0.533. The quantitative estimate of drug-likeness (QED) is 0.149. The normalized spacial score (nSPS) is 12.1. The number of nitrogens with zero attached hydrogens (tertiary/aromatic N) is 5. The second-order valence-corrected chi connectivity index (χ2v) is 13.1. The third-order valence-electron chi connectivity index (χ3n) is 6.14. The van der Waals surface area contributed by atoms with Crippen molar-refractivity contribution in [1.29, 1.82) is 0 Å². The Kier molecular flexibility index (Phi) is 11.9. The number of imidazole rings is 2. The van der Waals surface area contributed by atoms with Crippen LogP contribution in [0.3, 0.4) is 0 Å². The lowest BCUT2D eigenvalue weighted by atomic mass is 10.1. The summed E-state index contributed by atoms with van der Waals surface area (Å²) in [6, 6.07) is 7.34. The van der Waals surface area contributed by atoms with Crippen molar-refractivity contribution in [3.8, 4) is 0 Å². The SMILES string of the molecule is CC(C)(C)OC(=O)Cn1ccnc1CN(CCCCc1ccc(N[SH](=O)=O)cc1)Cc1nccn1CC(=O)OC(C)(C)C. The molecule has 1 N–H and O–H groups in total. The summed E-state index contributed by atoms with van der Waals surface area (Å²) >= 11 is 0. The van der Waals surface area contributed by atoms with Gasteiger partial charge in [0.2, 0.25) is 10.9 Å². The van der Waals surface area contributed by atoms with Crippen LogP contribution in [0.5, 0.6) is 0 Å². The number of aryl methyl sites for hydroxylation is 1. The summed E-state index contributed by atoms with van der Waals surface area (Å²) in [4.78, 5) is 36.2. The Morgan fingerprint density at radius 3 is 1.74 bits per heavy atom. The summed E-state index contributed by atoms with van der Waals surface area (Å²) in [5, 5.41) is 0. The van der Waals surface area contributed by atoms with Crippen LogP contribution < -0.4 is 4.72 Å². The molecule has 0 fully saturated rings. The Labute approximate surface area is 255 Å². The average Bonchev–Trinajstić information content (AvgIpc) is 3.49. The van der Waals surface area contributed by atoms with Crippen LogP contribution in [0.25, 0.3) is 0 Å². The number of ether oxygens (including phenoxy) is 2. The standard InChI is InChI=1S/C30H44N6O6S/c1-29(2,3)41-27(37)21-35-17-14-31-25(35)19-34(16-8-7-9-23-10-12-24(13-11-23)33-43(39)40)20-26-32-15-18-36(26)22-28(38)42-30(4,5)6/h10-15,17-18,43H,7-9,16,19-22H2,1-6H3,(H,33,39,40). The highest BCUT2D eigenvalue weighted by Gasteiger charge is 2.21. The molecule has 0 atom stereocenters. The number of carbonyl (C=O) groups excluding carboxylic acids is 2. The van der Waals surface area contributed by atoms with Gasteiger partial charge in [0.1, 0.15) is 35.9 Å². The van der Waals surface area contributed by atoms with Crippen molar-refractivity contribution in [1.82, 2.24) is 24.0 Å². The van der Waals surface area contributed by atoms with E-state index in [1.807, 2.05) is 53.7 Å². The minimum absolute atomic E-state index is 0.0547. The van der Waals surface area contributed by atoms with Crippen LogP contribution in [0.1, 0.15) is 71.6 Å². The number of nitrogens with one attached hydrogen (secondary N) is 1. The van der Waals surface area contributed by atoms with Gasteiger partial charge in [-0.1, -0.05) is 12.1 Å². The van der Waals surface area contributed by atoms with Crippen LogP contribution in [-0.4, -0.2) is 62.1 Å². The zero-order valence-corrected chi connectivity index (χ0v) is 26.8. The molecule has 3 aromatic rings. The maximum absolute atomic E-state index is 12.5. The van der Waals surface area contributed by atoms with Gasteiger partial charge in [-0.2, -0.15) is 0 Å². The highest BCUT2D eigenvalue weighted by molar-refractivity contribution is 7.73. The molecule has 3 rings (SSSR count). The number of rotatable bonds is 15. The van der Waals surface area contributed by atoms with Crippen LogP contribution in [0.4, 0.5) is 5.69 Å².